The monoisotopic (exact) mass is 337 g/mol. The number of alkyl halides is 1. The van der Waals surface area contributed by atoms with Crippen molar-refractivity contribution in [3.05, 3.63) is 31.9 Å². The van der Waals surface area contributed by atoms with Crippen molar-refractivity contribution in [3.63, 3.8) is 0 Å². The van der Waals surface area contributed by atoms with E-state index >= 15 is 0 Å². The highest BCUT2D eigenvalue weighted by Crippen LogP contribution is 2.40. The van der Waals surface area contributed by atoms with E-state index in [2.05, 4.69) is 27.2 Å². The Morgan fingerprint density at radius 3 is 2.86 bits per heavy atom. The third-order valence-corrected chi connectivity index (χ3v) is 3.61. The number of hydrogen-bond donors (Lipinski definition) is 3. The van der Waals surface area contributed by atoms with Gasteiger partial charge >= 0.3 is 0 Å². The summed E-state index contributed by atoms with van der Waals surface area (Å²) in [5, 5.41) is 22.1. The number of aromatic nitrogens is 2. The van der Waals surface area contributed by atoms with Gasteiger partial charge in [-0.3, -0.25) is 4.57 Å². The summed E-state index contributed by atoms with van der Waals surface area (Å²) in [4.78, 5) is 4.73. The maximum Gasteiger partial charge on any atom is 0.201 e. The van der Waals surface area contributed by atoms with Gasteiger partial charge in [0.05, 0.1) is 6.61 Å². The molecule has 12 heteroatoms. The number of H-pyrrole nitrogens is 1. The Hall–Kier alpha value is -1.43. The fourth-order valence-corrected chi connectivity index (χ4v) is 2.40. The summed E-state index contributed by atoms with van der Waals surface area (Å²) in [5.74, 6) is -0.880. The number of ether oxygens (including phenoxy) is 1. The number of halogens is 2. The Kier molecular flexibility index (Phi) is 4.37. The fraction of sp³-hybridized carbons (Fsp3) is 0.556. The molecule has 1 fully saturated rings. The Bertz CT molecular complexity index is 718. The predicted octanol–water partition coefficient (Wildman–Crippen LogP) is 1.64. The van der Waals surface area contributed by atoms with E-state index in [1.54, 1.807) is 0 Å². The summed E-state index contributed by atoms with van der Waals surface area (Å²) in [6.45, 7) is -0.964. The van der Waals surface area contributed by atoms with Crippen molar-refractivity contribution >= 4 is 24.4 Å². The SMILES string of the molecule is [N-]=[N+]=N[C@]1(CO)O[C@@H](n2cc(F)c(=S)[nH]c2=S)[C@@H](F)C1O. The summed E-state index contributed by atoms with van der Waals surface area (Å²) < 4.78 is 33.2. The number of aliphatic hydroxyl groups excluding tert-OH is 2. The minimum atomic E-state index is -2.21. The lowest BCUT2D eigenvalue weighted by Gasteiger charge is -2.23. The Morgan fingerprint density at radius 2 is 2.29 bits per heavy atom. The molecule has 0 bridgehead atoms. The van der Waals surface area contributed by atoms with Gasteiger partial charge in [-0.05, 0) is 17.7 Å². The van der Waals surface area contributed by atoms with Crippen LogP contribution in [0.3, 0.4) is 0 Å². The molecule has 3 N–H and O–H groups in total. The van der Waals surface area contributed by atoms with Crippen LogP contribution >= 0.6 is 24.4 Å². The van der Waals surface area contributed by atoms with Gasteiger partial charge in [0, 0.05) is 11.1 Å². The highest BCUT2D eigenvalue weighted by molar-refractivity contribution is 7.72. The van der Waals surface area contributed by atoms with E-state index in [0.29, 0.717) is 0 Å². The average molecular weight is 337 g/mol. The lowest BCUT2D eigenvalue weighted by molar-refractivity contribution is -0.124. The molecule has 0 spiro atoms. The molecule has 0 aliphatic carbocycles. The van der Waals surface area contributed by atoms with Crippen LogP contribution in [0, 0.1) is 15.2 Å². The van der Waals surface area contributed by atoms with Crippen LogP contribution in [0.5, 0.6) is 0 Å². The first-order valence-electron chi connectivity index (χ1n) is 5.54. The van der Waals surface area contributed by atoms with E-state index in [-0.39, 0.29) is 9.41 Å². The van der Waals surface area contributed by atoms with Crippen molar-refractivity contribution in [3.8, 4) is 0 Å². The standard InChI is InChI=1S/C9H9F2N5O3S2/c10-3-1-16(8(21)13-6(3)20)7-4(11)5(18)9(2-17,19-7)14-15-12/h1,4-5,7,17-18H,2H2,(H,13,20,21)/t4-,5?,7+,9+/m0/s1. The van der Waals surface area contributed by atoms with Crippen molar-refractivity contribution in [2.24, 2.45) is 5.11 Å². The van der Waals surface area contributed by atoms with E-state index < -0.39 is 36.7 Å². The van der Waals surface area contributed by atoms with Crippen LogP contribution in [0.2, 0.25) is 0 Å². The molecule has 0 saturated carbocycles. The molecular formula is C9H9F2N5O3S2. The van der Waals surface area contributed by atoms with Gasteiger partial charge in [-0.2, -0.15) is 0 Å². The summed E-state index contributed by atoms with van der Waals surface area (Å²) in [5.41, 5.74) is 6.23. The van der Waals surface area contributed by atoms with Crippen LogP contribution in [-0.2, 0) is 4.74 Å². The summed E-state index contributed by atoms with van der Waals surface area (Å²) in [7, 11) is 0. The largest absolute Gasteiger partial charge is 0.393 e. The van der Waals surface area contributed by atoms with Crippen molar-refractivity contribution in [1.29, 1.82) is 0 Å². The highest BCUT2D eigenvalue weighted by Gasteiger charge is 2.55. The van der Waals surface area contributed by atoms with Crippen LogP contribution in [0.4, 0.5) is 8.78 Å². The number of aliphatic hydroxyl groups is 2. The molecule has 0 amide bonds. The lowest BCUT2D eigenvalue weighted by Crippen LogP contribution is -2.43. The first-order valence-corrected chi connectivity index (χ1v) is 6.36. The van der Waals surface area contributed by atoms with Crippen LogP contribution in [0.1, 0.15) is 6.23 Å². The zero-order valence-electron chi connectivity index (χ0n) is 10.2. The molecule has 1 unspecified atom stereocenters. The number of hydrogen-bond acceptors (Lipinski definition) is 6. The third kappa shape index (κ3) is 2.57. The second-order valence-corrected chi connectivity index (χ2v) is 5.03. The van der Waals surface area contributed by atoms with E-state index in [1.165, 1.54) is 0 Å². The van der Waals surface area contributed by atoms with Crippen LogP contribution in [0.15, 0.2) is 11.3 Å². The molecule has 0 aromatic carbocycles. The molecule has 2 rings (SSSR count). The van der Waals surface area contributed by atoms with Crippen LogP contribution in [-0.4, -0.2) is 44.4 Å². The zero-order chi connectivity index (χ0) is 15.8. The lowest BCUT2D eigenvalue weighted by atomic mass is 10.1. The molecule has 1 aliphatic rings. The average Bonchev–Trinajstić information content (AvgIpc) is 2.69. The zero-order valence-corrected chi connectivity index (χ0v) is 11.8. The fourth-order valence-electron chi connectivity index (χ4n) is 1.93. The molecule has 4 atom stereocenters. The summed E-state index contributed by atoms with van der Waals surface area (Å²) >= 11 is 9.52. The Balaban J connectivity index is 2.52. The van der Waals surface area contributed by atoms with E-state index in [9.17, 15) is 19.0 Å². The van der Waals surface area contributed by atoms with Gasteiger partial charge < -0.3 is 19.9 Å². The summed E-state index contributed by atoms with van der Waals surface area (Å²) in [6, 6.07) is 0. The Morgan fingerprint density at radius 1 is 1.62 bits per heavy atom. The smallest absolute Gasteiger partial charge is 0.201 e. The quantitative estimate of drug-likeness (QED) is 0.335. The molecule has 1 aromatic rings. The predicted molar refractivity (Wildman–Crippen MR) is 70.4 cm³/mol. The number of nitrogens with zero attached hydrogens (tertiary/aromatic N) is 4. The van der Waals surface area contributed by atoms with E-state index in [0.717, 1.165) is 10.8 Å². The maximum atomic E-state index is 14.2. The molecular weight excluding hydrogens is 328 g/mol. The normalized spacial score (nSPS) is 31.9. The maximum absolute atomic E-state index is 14.2. The van der Waals surface area contributed by atoms with Gasteiger partial charge in [0.2, 0.25) is 5.72 Å². The molecule has 1 saturated heterocycles. The van der Waals surface area contributed by atoms with Gasteiger partial charge in [0.15, 0.2) is 23.0 Å². The van der Waals surface area contributed by atoms with E-state index in [4.69, 9.17) is 22.5 Å². The van der Waals surface area contributed by atoms with Crippen LogP contribution < -0.4 is 0 Å². The Labute approximate surface area is 126 Å². The first-order chi connectivity index (χ1) is 9.86. The first kappa shape index (κ1) is 15.9. The minimum Gasteiger partial charge on any atom is -0.393 e. The molecule has 1 aromatic heterocycles. The number of nitrogens with one attached hydrogen (secondary N) is 1. The highest BCUT2D eigenvalue weighted by atomic mass is 32.1. The number of azide groups is 1. The van der Waals surface area contributed by atoms with Crippen molar-refractivity contribution < 1.29 is 23.7 Å². The minimum absolute atomic E-state index is 0.157. The summed E-state index contributed by atoms with van der Waals surface area (Å²) in [6.07, 6.45) is -4.85. The number of rotatable bonds is 3. The van der Waals surface area contributed by atoms with E-state index in [1.807, 2.05) is 0 Å². The molecule has 0 radical (unpaired) electrons. The van der Waals surface area contributed by atoms with Crippen molar-refractivity contribution in [2.45, 2.75) is 24.2 Å². The molecule has 2 heterocycles. The van der Waals surface area contributed by atoms with Crippen LogP contribution in [0.25, 0.3) is 10.4 Å². The molecule has 114 valence electrons. The number of aromatic amines is 1. The third-order valence-electron chi connectivity index (χ3n) is 3.00. The van der Waals surface area contributed by atoms with Crippen molar-refractivity contribution in [1.82, 2.24) is 9.55 Å². The molecule has 1 aliphatic heterocycles. The van der Waals surface area contributed by atoms with Gasteiger partial charge in [-0.25, -0.2) is 8.78 Å². The van der Waals surface area contributed by atoms with Gasteiger partial charge in [0.25, 0.3) is 0 Å². The molecule has 8 nitrogen and oxygen atoms in total. The molecule has 21 heavy (non-hydrogen) atoms. The van der Waals surface area contributed by atoms with Gasteiger partial charge in [-0.15, -0.1) is 0 Å². The topological polar surface area (TPSA) is 119 Å². The second kappa shape index (κ2) is 5.75. The second-order valence-electron chi connectivity index (χ2n) is 4.23. The van der Waals surface area contributed by atoms with Gasteiger partial charge in [0.1, 0.15) is 10.7 Å². The van der Waals surface area contributed by atoms with Gasteiger partial charge in [-0.1, -0.05) is 17.3 Å². The van der Waals surface area contributed by atoms with Crippen molar-refractivity contribution in [2.75, 3.05) is 6.61 Å².